The van der Waals surface area contributed by atoms with Gasteiger partial charge in [-0.15, -0.1) is 0 Å². The lowest BCUT2D eigenvalue weighted by molar-refractivity contribution is -0.188. The number of esters is 1. The van der Waals surface area contributed by atoms with E-state index in [1.807, 2.05) is 6.92 Å². The Balaban J connectivity index is 1.97. The minimum atomic E-state index is -0.784. The molecule has 0 saturated heterocycles. The zero-order valence-electron chi connectivity index (χ0n) is 11.2. The first-order valence-electron chi connectivity index (χ1n) is 6.84. The van der Waals surface area contributed by atoms with E-state index < -0.39 is 11.7 Å². The van der Waals surface area contributed by atoms with E-state index in [1.54, 1.807) is 6.92 Å². The molecule has 0 amide bonds. The van der Waals surface area contributed by atoms with E-state index in [4.69, 9.17) is 4.74 Å². The third-order valence-electron chi connectivity index (χ3n) is 4.38. The largest absolute Gasteiger partial charge is 0.428 e. The van der Waals surface area contributed by atoms with Gasteiger partial charge in [0, 0.05) is 6.92 Å². The van der Waals surface area contributed by atoms with Gasteiger partial charge in [-0.2, -0.15) is 0 Å². The molecule has 2 aliphatic carbocycles. The summed E-state index contributed by atoms with van der Waals surface area (Å²) in [7, 11) is 0. The van der Waals surface area contributed by atoms with Crippen LogP contribution in [0.3, 0.4) is 0 Å². The van der Waals surface area contributed by atoms with Gasteiger partial charge in [0.1, 0.15) is 0 Å². The van der Waals surface area contributed by atoms with Crippen molar-refractivity contribution in [1.29, 1.82) is 0 Å². The molecule has 0 heterocycles. The molecule has 2 fully saturated rings. The summed E-state index contributed by atoms with van der Waals surface area (Å²) in [6, 6.07) is 0. The van der Waals surface area contributed by atoms with Gasteiger partial charge in [0.05, 0.1) is 5.41 Å². The highest BCUT2D eigenvalue weighted by atomic mass is 16.7. The molecule has 3 atom stereocenters. The average molecular weight is 254 g/mol. The van der Waals surface area contributed by atoms with E-state index in [0.717, 1.165) is 12.8 Å². The van der Waals surface area contributed by atoms with Gasteiger partial charge in [0.2, 0.25) is 6.29 Å². The van der Waals surface area contributed by atoms with Gasteiger partial charge in [0.15, 0.2) is 0 Å². The first kappa shape index (κ1) is 13.4. The standard InChI is InChI=1S/C14H22O4/c1-10(17-9-15)18-13(16)14(2)7-11-4-3-5-12(6-11)8-14/h9-12H,3-8H2,1-2H3/t10-,11?,12?,14?/m1/s1. The zero-order valence-corrected chi connectivity index (χ0v) is 11.2. The number of hydrogen-bond donors (Lipinski definition) is 0. The number of ether oxygens (including phenoxy) is 2. The van der Waals surface area contributed by atoms with Crippen molar-refractivity contribution in [3.05, 3.63) is 0 Å². The zero-order chi connectivity index (χ0) is 13.2. The van der Waals surface area contributed by atoms with Crippen molar-refractivity contribution in [3.8, 4) is 0 Å². The monoisotopic (exact) mass is 254 g/mol. The van der Waals surface area contributed by atoms with Gasteiger partial charge in [-0.25, -0.2) is 0 Å². The highest BCUT2D eigenvalue weighted by molar-refractivity contribution is 5.76. The summed E-state index contributed by atoms with van der Waals surface area (Å²) in [5, 5.41) is 0. The molecule has 0 aromatic carbocycles. The fourth-order valence-corrected chi connectivity index (χ4v) is 3.70. The lowest BCUT2D eigenvalue weighted by Crippen LogP contribution is -2.41. The summed E-state index contributed by atoms with van der Waals surface area (Å²) >= 11 is 0. The average Bonchev–Trinajstić information content (AvgIpc) is 2.28. The minimum absolute atomic E-state index is 0.214. The molecular formula is C14H22O4. The number of fused-ring (bicyclic) bond motifs is 2. The molecule has 2 rings (SSSR count). The van der Waals surface area contributed by atoms with Crippen LogP contribution in [-0.4, -0.2) is 18.7 Å². The summed E-state index contributed by atoms with van der Waals surface area (Å²) in [5.41, 5.74) is -0.394. The van der Waals surface area contributed by atoms with Crippen LogP contribution in [0.5, 0.6) is 0 Å². The Labute approximate surface area is 108 Å². The van der Waals surface area contributed by atoms with E-state index in [9.17, 15) is 9.59 Å². The van der Waals surface area contributed by atoms with Gasteiger partial charge < -0.3 is 9.47 Å². The van der Waals surface area contributed by atoms with E-state index in [1.165, 1.54) is 25.7 Å². The van der Waals surface area contributed by atoms with Crippen molar-refractivity contribution in [2.24, 2.45) is 17.3 Å². The second-order valence-electron chi connectivity index (χ2n) is 6.07. The van der Waals surface area contributed by atoms with Gasteiger partial charge in [-0.05, 0) is 38.0 Å². The van der Waals surface area contributed by atoms with Crippen molar-refractivity contribution >= 4 is 12.4 Å². The van der Waals surface area contributed by atoms with Crippen molar-refractivity contribution in [3.63, 3.8) is 0 Å². The second kappa shape index (κ2) is 5.29. The Morgan fingerprint density at radius 3 is 2.50 bits per heavy atom. The van der Waals surface area contributed by atoms with Gasteiger partial charge in [-0.3, -0.25) is 9.59 Å². The van der Waals surface area contributed by atoms with E-state index in [2.05, 4.69) is 4.74 Å². The smallest absolute Gasteiger partial charge is 0.314 e. The Kier molecular flexibility index (Phi) is 3.93. The molecule has 0 aliphatic heterocycles. The highest BCUT2D eigenvalue weighted by Gasteiger charge is 2.45. The quantitative estimate of drug-likeness (QED) is 0.439. The van der Waals surface area contributed by atoms with Crippen LogP contribution in [0, 0.1) is 17.3 Å². The molecule has 2 aliphatic rings. The van der Waals surface area contributed by atoms with Crippen molar-refractivity contribution in [2.45, 2.75) is 58.7 Å². The predicted octanol–water partition coefficient (Wildman–Crippen LogP) is 2.66. The molecule has 0 aromatic rings. The summed E-state index contributed by atoms with van der Waals surface area (Å²) in [5.74, 6) is 1.11. The summed E-state index contributed by atoms with van der Waals surface area (Å²) in [4.78, 5) is 22.4. The van der Waals surface area contributed by atoms with Crippen LogP contribution in [0.25, 0.3) is 0 Å². The molecule has 2 unspecified atom stereocenters. The predicted molar refractivity (Wildman–Crippen MR) is 65.5 cm³/mol. The SMILES string of the molecule is C[C@H](OC=O)OC(=O)C1(C)CC2CCCC(C2)C1. The molecule has 4 nitrogen and oxygen atoms in total. The Hall–Kier alpha value is -1.06. The molecule has 18 heavy (non-hydrogen) atoms. The molecule has 0 radical (unpaired) electrons. The van der Waals surface area contributed by atoms with Crippen LogP contribution in [0.15, 0.2) is 0 Å². The van der Waals surface area contributed by atoms with Crippen LogP contribution in [-0.2, 0) is 19.1 Å². The Morgan fingerprint density at radius 2 is 1.94 bits per heavy atom. The van der Waals surface area contributed by atoms with Crippen LogP contribution in [0.4, 0.5) is 0 Å². The van der Waals surface area contributed by atoms with Crippen molar-refractivity contribution in [1.82, 2.24) is 0 Å². The van der Waals surface area contributed by atoms with Crippen LogP contribution in [0.1, 0.15) is 52.4 Å². The fraction of sp³-hybridized carbons (Fsp3) is 0.857. The number of hydrogen-bond acceptors (Lipinski definition) is 4. The first-order chi connectivity index (χ1) is 8.53. The molecule has 0 aromatic heterocycles. The third kappa shape index (κ3) is 2.85. The fourth-order valence-electron chi connectivity index (χ4n) is 3.70. The van der Waals surface area contributed by atoms with Gasteiger partial charge in [0.25, 0.3) is 6.47 Å². The van der Waals surface area contributed by atoms with Gasteiger partial charge in [-0.1, -0.05) is 19.3 Å². The molecule has 0 N–H and O–H groups in total. The highest BCUT2D eigenvalue weighted by Crippen LogP contribution is 2.49. The van der Waals surface area contributed by atoms with Crippen LogP contribution in [0.2, 0.25) is 0 Å². The molecule has 102 valence electrons. The van der Waals surface area contributed by atoms with Crippen LogP contribution >= 0.6 is 0 Å². The summed E-state index contributed by atoms with van der Waals surface area (Å²) in [6.07, 6.45) is 6.08. The summed E-state index contributed by atoms with van der Waals surface area (Å²) < 4.78 is 9.82. The second-order valence-corrected chi connectivity index (χ2v) is 6.07. The molecule has 2 saturated carbocycles. The minimum Gasteiger partial charge on any atom is -0.428 e. The van der Waals surface area contributed by atoms with Gasteiger partial charge >= 0.3 is 5.97 Å². The number of carbonyl (C=O) groups is 2. The molecule has 0 spiro atoms. The van der Waals surface area contributed by atoms with E-state index in [0.29, 0.717) is 18.3 Å². The Bertz CT molecular complexity index is 314. The first-order valence-corrected chi connectivity index (χ1v) is 6.84. The maximum atomic E-state index is 12.2. The maximum Gasteiger partial charge on any atom is 0.314 e. The Morgan fingerprint density at radius 1 is 1.33 bits per heavy atom. The molecule has 4 heteroatoms. The molecule has 2 bridgehead atoms. The molecular weight excluding hydrogens is 232 g/mol. The van der Waals surface area contributed by atoms with E-state index >= 15 is 0 Å². The lowest BCUT2D eigenvalue weighted by Gasteiger charge is -2.43. The van der Waals surface area contributed by atoms with Crippen molar-refractivity contribution in [2.75, 3.05) is 0 Å². The lowest BCUT2D eigenvalue weighted by atomic mass is 9.61. The van der Waals surface area contributed by atoms with Crippen LogP contribution < -0.4 is 0 Å². The van der Waals surface area contributed by atoms with Crippen molar-refractivity contribution < 1.29 is 19.1 Å². The number of rotatable bonds is 4. The maximum absolute atomic E-state index is 12.2. The topological polar surface area (TPSA) is 52.6 Å². The third-order valence-corrected chi connectivity index (χ3v) is 4.38. The summed E-state index contributed by atoms with van der Waals surface area (Å²) in [6.45, 7) is 3.88. The normalized spacial score (nSPS) is 36.6. The van der Waals surface area contributed by atoms with E-state index in [-0.39, 0.29) is 5.97 Å². The number of carbonyl (C=O) groups excluding carboxylic acids is 2.